The lowest BCUT2D eigenvalue weighted by Gasteiger charge is -2.15. The molecule has 0 atom stereocenters. The van der Waals surface area contributed by atoms with E-state index in [1.54, 1.807) is 30.3 Å². The van der Waals surface area contributed by atoms with Gasteiger partial charge in [-0.05, 0) is 17.7 Å². The van der Waals surface area contributed by atoms with E-state index in [-0.39, 0.29) is 11.6 Å². The fraction of sp³-hybridized carbons (Fsp3) is 0.0588. The minimum Gasteiger partial charge on any atom is -0.289 e. The number of carbonyl (C=O) groups is 2. The van der Waals surface area contributed by atoms with E-state index < -0.39 is 0 Å². The second-order valence-corrected chi connectivity index (χ2v) is 5.08. The van der Waals surface area contributed by atoms with Gasteiger partial charge in [0.25, 0.3) is 0 Å². The Morgan fingerprint density at radius 2 is 1.50 bits per heavy atom. The summed E-state index contributed by atoms with van der Waals surface area (Å²) < 4.78 is 0. The second-order valence-electron chi connectivity index (χ2n) is 4.68. The van der Waals surface area contributed by atoms with Gasteiger partial charge >= 0.3 is 0 Å². The van der Waals surface area contributed by atoms with E-state index in [4.69, 9.17) is 11.6 Å². The quantitative estimate of drug-likeness (QED) is 0.837. The van der Waals surface area contributed by atoms with E-state index in [0.717, 1.165) is 5.56 Å². The van der Waals surface area contributed by atoms with Gasteiger partial charge in [-0.25, -0.2) is 0 Å². The molecule has 20 heavy (non-hydrogen) atoms. The van der Waals surface area contributed by atoms with Crippen LogP contribution in [0.2, 0.25) is 5.02 Å². The van der Waals surface area contributed by atoms with Crippen molar-refractivity contribution in [1.82, 2.24) is 0 Å². The van der Waals surface area contributed by atoms with Crippen LogP contribution in [0.15, 0.2) is 60.2 Å². The van der Waals surface area contributed by atoms with Crippen LogP contribution in [-0.4, -0.2) is 11.6 Å². The summed E-state index contributed by atoms with van der Waals surface area (Å²) in [6, 6.07) is 14.2. The predicted octanol–water partition coefficient (Wildman–Crippen LogP) is 3.89. The zero-order chi connectivity index (χ0) is 14.1. The zero-order valence-corrected chi connectivity index (χ0v) is 11.4. The highest BCUT2D eigenvalue weighted by Gasteiger charge is 2.25. The predicted molar refractivity (Wildman–Crippen MR) is 78.3 cm³/mol. The van der Waals surface area contributed by atoms with Gasteiger partial charge in [0.15, 0.2) is 11.6 Å². The van der Waals surface area contributed by atoms with Crippen LogP contribution in [0.5, 0.6) is 0 Å². The number of allylic oxidation sites excluding steroid dienone is 2. The lowest BCUT2D eigenvalue weighted by Crippen LogP contribution is -2.18. The molecule has 0 heterocycles. The molecule has 2 nitrogen and oxygen atoms in total. The number of rotatable bonds is 2. The van der Waals surface area contributed by atoms with Gasteiger partial charge in [0, 0.05) is 28.1 Å². The third-order valence-corrected chi connectivity index (χ3v) is 3.74. The van der Waals surface area contributed by atoms with Crippen molar-refractivity contribution in [2.24, 2.45) is 0 Å². The fourth-order valence-electron chi connectivity index (χ4n) is 2.35. The summed E-state index contributed by atoms with van der Waals surface area (Å²) in [5.41, 5.74) is 2.28. The second kappa shape index (κ2) is 5.06. The topological polar surface area (TPSA) is 34.1 Å². The highest BCUT2D eigenvalue weighted by molar-refractivity contribution is 6.31. The molecule has 0 spiro atoms. The van der Waals surface area contributed by atoms with Crippen molar-refractivity contribution in [2.75, 3.05) is 0 Å². The van der Waals surface area contributed by atoms with Gasteiger partial charge in [0.2, 0.25) is 0 Å². The molecule has 3 heteroatoms. The van der Waals surface area contributed by atoms with E-state index in [1.807, 2.05) is 18.2 Å². The number of Topliss-reactive ketones (excluding diaryl/α,β-unsaturated/α-hetero) is 1. The van der Waals surface area contributed by atoms with E-state index in [0.29, 0.717) is 28.1 Å². The Bertz CT molecular complexity index is 744. The van der Waals surface area contributed by atoms with Crippen LogP contribution in [0, 0.1) is 0 Å². The Kier molecular flexibility index (Phi) is 3.25. The Labute approximate surface area is 121 Å². The standard InChI is InChI=1S/C17H11ClO2/c18-15-8-4-1-5-11(15)9-12-10-16(19)13-6-2-3-7-14(13)17(12)20/h1-8,10H,9H2. The molecule has 0 N–H and O–H groups in total. The van der Waals surface area contributed by atoms with Crippen LogP contribution in [-0.2, 0) is 6.42 Å². The van der Waals surface area contributed by atoms with Gasteiger partial charge in [-0.3, -0.25) is 9.59 Å². The Hall–Kier alpha value is -2.19. The average molecular weight is 283 g/mol. The molecule has 0 amide bonds. The van der Waals surface area contributed by atoms with Gasteiger partial charge < -0.3 is 0 Å². The molecule has 0 unspecified atom stereocenters. The maximum absolute atomic E-state index is 12.4. The number of ketones is 2. The van der Waals surface area contributed by atoms with Gasteiger partial charge in [-0.2, -0.15) is 0 Å². The highest BCUT2D eigenvalue weighted by Crippen LogP contribution is 2.25. The number of hydrogen-bond acceptors (Lipinski definition) is 2. The molecule has 1 aliphatic rings. The zero-order valence-electron chi connectivity index (χ0n) is 10.6. The Balaban J connectivity index is 1.99. The molecule has 0 aliphatic heterocycles. The summed E-state index contributed by atoms with van der Waals surface area (Å²) in [6.45, 7) is 0. The van der Waals surface area contributed by atoms with Crippen LogP contribution in [0.3, 0.4) is 0 Å². The van der Waals surface area contributed by atoms with Crippen LogP contribution in [0.25, 0.3) is 0 Å². The molecular weight excluding hydrogens is 272 g/mol. The first kappa shape index (κ1) is 12.8. The van der Waals surface area contributed by atoms with Crippen molar-refractivity contribution in [2.45, 2.75) is 6.42 Å². The normalized spacial score (nSPS) is 13.9. The number of hydrogen-bond donors (Lipinski definition) is 0. The van der Waals surface area contributed by atoms with Gasteiger partial charge in [-0.15, -0.1) is 0 Å². The Morgan fingerprint density at radius 1 is 0.850 bits per heavy atom. The van der Waals surface area contributed by atoms with Gasteiger partial charge in [0.05, 0.1) is 0 Å². The molecule has 3 rings (SSSR count). The summed E-state index contributed by atoms with van der Waals surface area (Å²) in [5, 5.41) is 0.604. The molecule has 0 saturated heterocycles. The molecule has 2 aromatic rings. The van der Waals surface area contributed by atoms with Crippen molar-refractivity contribution in [3.05, 3.63) is 81.9 Å². The minimum absolute atomic E-state index is 0.0971. The van der Waals surface area contributed by atoms with Crippen molar-refractivity contribution in [3.63, 3.8) is 0 Å². The number of halogens is 1. The largest absolute Gasteiger partial charge is 0.289 e. The van der Waals surface area contributed by atoms with E-state index >= 15 is 0 Å². The van der Waals surface area contributed by atoms with Crippen LogP contribution >= 0.6 is 11.6 Å². The minimum atomic E-state index is -0.123. The summed E-state index contributed by atoms with van der Waals surface area (Å²) >= 11 is 6.10. The first-order valence-electron chi connectivity index (χ1n) is 6.29. The van der Waals surface area contributed by atoms with Crippen molar-refractivity contribution < 1.29 is 9.59 Å². The highest BCUT2D eigenvalue weighted by atomic mass is 35.5. The summed E-state index contributed by atoms with van der Waals surface area (Å²) in [4.78, 5) is 24.5. The maximum atomic E-state index is 12.4. The van der Waals surface area contributed by atoms with Crippen molar-refractivity contribution >= 4 is 23.2 Å². The van der Waals surface area contributed by atoms with Crippen LogP contribution in [0.4, 0.5) is 0 Å². The van der Waals surface area contributed by atoms with Crippen LogP contribution in [0.1, 0.15) is 26.3 Å². The molecule has 0 fully saturated rings. The monoisotopic (exact) mass is 282 g/mol. The summed E-state index contributed by atoms with van der Waals surface area (Å²) in [5.74, 6) is -0.220. The molecule has 0 bridgehead atoms. The first-order valence-corrected chi connectivity index (χ1v) is 6.66. The molecule has 0 radical (unpaired) electrons. The third kappa shape index (κ3) is 2.19. The molecule has 2 aromatic carbocycles. The SMILES string of the molecule is O=C1C=C(Cc2ccccc2Cl)C(=O)c2ccccc21. The maximum Gasteiger partial charge on any atom is 0.190 e. The van der Waals surface area contributed by atoms with Gasteiger partial charge in [0.1, 0.15) is 0 Å². The average Bonchev–Trinajstić information content (AvgIpc) is 2.47. The van der Waals surface area contributed by atoms with E-state index in [1.165, 1.54) is 6.08 Å². The fourth-order valence-corrected chi connectivity index (χ4v) is 2.55. The molecule has 0 aromatic heterocycles. The molecule has 1 aliphatic carbocycles. The smallest absolute Gasteiger partial charge is 0.190 e. The van der Waals surface area contributed by atoms with E-state index in [2.05, 4.69) is 0 Å². The molecule has 0 saturated carbocycles. The lowest BCUT2D eigenvalue weighted by atomic mass is 9.87. The van der Waals surface area contributed by atoms with Crippen molar-refractivity contribution in [1.29, 1.82) is 0 Å². The first-order chi connectivity index (χ1) is 9.66. The van der Waals surface area contributed by atoms with Crippen molar-refractivity contribution in [3.8, 4) is 0 Å². The number of carbonyl (C=O) groups excluding carboxylic acids is 2. The Morgan fingerprint density at radius 3 is 2.25 bits per heavy atom. The third-order valence-electron chi connectivity index (χ3n) is 3.37. The van der Waals surface area contributed by atoms with E-state index in [9.17, 15) is 9.59 Å². The summed E-state index contributed by atoms with van der Waals surface area (Å²) in [6.07, 6.45) is 1.80. The molecular formula is C17H11ClO2. The number of fused-ring (bicyclic) bond motifs is 1. The van der Waals surface area contributed by atoms with Gasteiger partial charge in [-0.1, -0.05) is 54.1 Å². The lowest BCUT2D eigenvalue weighted by molar-refractivity contribution is 0.0982. The van der Waals surface area contributed by atoms with Crippen LogP contribution < -0.4 is 0 Å². The number of benzene rings is 2. The molecule has 98 valence electrons. The summed E-state index contributed by atoms with van der Waals surface area (Å²) in [7, 11) is 0.